The minimum absolute atomic E-state index is 0.0111. The molecule has 3 fully saturated rings. The second-order valence-electron chi connectivity index (χ2n) is 10.4. The number of amides is 2. The van der Waals surface area contributed by atoms with Crippen LogP contribution < -0.4 is 5.32 Å². The average molecular weight is 521 g/mol. The summed E-state index contributed by atoms with van der Waals surface area (Å²) in [7, 11) is 0. The lowest BCUT2D eigenvalue weighted by Crippen LogP contribution is -2.57. The predicted octanol–water partition coefficient (Wildman–Crippen LogP) is 3.27. The smallest absolute Gasteiger partial charge is 0.289 e. The predicted molar refractivity (Wildman–Crippen MR) is 144 cm³/mol. The Morgan fingerprint density at radius 2 is 1.68 bits per heavy atom. The van der Waals surface area contributed by atoms with E-state index in [0.29, 0.717) is 12.1 Å². The molecule has 1 saturated carbocycles. The van der Waals surface area contributed by atoms with E-state index in [9.17, 15) is 14.0 Å². The highest BCUT2D eigenvalue weighted by molar-refractivity contribution is 5.98. The third-order valence-corrected chi connectivity index (χ3v) is 7.79. The van der Waals surface area contributed by atoms with Gasteiger partial charge in [0.1, 0.15) is 18.5 Å². The highest BCUT2D eigenvalue weighted by Crippen LogP contribution is 2.33. The Kier molecular flexibility index (Phi) is 8.71. The van der Waals surface area contributed by atoms with E-state index >= 15 is 0 Å². The van der Waals surface area contributed by atoms with Gasteiger partial charge >= 0.3 is 0 Å². The Hall–Kier alpha value is -3.23. The second-order valence-corrected chi connectivity index (χ2v) is 10.4. The molecule has 2 amide bonds. The molecular weight excluding hydrogens is 483 g/mol. The van der Waals surface area contributed by atoms with Crippen molar-refractivity contribution in [2.45, 2.75) is 44.4 Å². The first-order chi connectivity index (χ1) is 18.6. The normalized spacial score (nSPS) is 23.7. The van der Waals surface area contributed by atoms with Gasteiger partial charge in [0.2, 0.25) is 5.91 Å². The van der Waals surface area contributed by atoms with Gasteiger partial charge in [0.25, 0.3) is 5.91 Å². The van der Waals surface area contributed by atoms with Crippen molar-refractivity contribution in [3.63, 3.8) is 0 Å². The van der Waals surface area contributed by atoms with Crippen LogP contribution in [0.4, 0.5) is 4.39 Å². The molecule has 2 saturated heterocycles. The number of benzene rings is 2. The van der Waals surface area contributed by atoms with Gasteiger partial charge < -0.3 is 15.0 Å². The van der Waals surface area contributed by atoms with Crippen LogP contribution in [0.1, 0.15) is 36.8 Å². The van der Waals surface area contributed by atoms with Crippen LogP contribution in [0.15, 0.2) is 60.4 Å². The van der Waals surface area contributed by atoms with E-state index in [1.165, 1.54) is 17.7 Å². The van der Waals surface area contributed by atoms with Gasteiger partial charge in [-0.15, -0.1) is 0 Å². The van der Waals surface area contributed by atoms with Crippen LogP contribution in [0.2, 0.25) is 0 Å². The number of hydrogen-bond donors (Lipinski definition) is 1. The molecule has 2 atom stereocenters. The van der Waals surface area contributed by atoms with E-state index in [-0.39, 0.29) is 36.3 Å². The number of halogens is 1. The summed E-state index contributed by atoms with van der Waals surface area (Å²) < 4.78 is 20.3. The molecule has 7 nitrogen and oxygen atoms in total. The van der Waals surface area contributed by atoms with Gasteiger partial charge in [-0.05, 0) is 37.0 Å². The molecule has 1 aliphatic carbocycles. The number of nitrogens with zero attached hydrogens (tertiary/aromatic N) is 3. The first kappa shape index (κ1) is 26.4. The quantitative estimate of drug-likeness (QED) is 0.542. The summed E-state index contributed by atoms with van der Waals surface area (Å²) >= 11 is 0. The van der Waals surface area contributed by atoms with Gasteiger partial charge in [-0.1, -0.05) is 55.0 Å². The maximum absolute atomic E-state index is 14.2. The number of rotatable bonds is 8. The Morgan fingerprint density at radius 1 is 0.974 bits per heavy atom. The number of hydrogen-bond acceptors (Lipinski definition) is 5. The average Bonchev–Trinajstić information content (AvgIpc) is 2.94. The number of ether oxygens (including phenoxy) is 1. The molecule has 5 rings (SSSR count). The van der Waals surface area contributed by atoms with Gasteiger partial charge in [-0.25, -0.2) is 4.39 Å². The highest BCUT2D eigenvalue weighted by atomic mass is 19.1. The molecule has 2 unspecified atom stereocenters. The zero-order valence-corrected chi connectivity index (χ0v) is 21.9. The van der Waals surface area contributed by atoms with Crippen LogP contribution in [0.25, 0.3) is 6.08 Å². The lowest BCUT2D eigenvalue weighted by Gasteiger charge is -2.44. The number of carbonyl (C=O) groups excluding carboxylic acids is 2. The number of piperazine rings is 1. The van der Waals surface area contributed by atoms with E-state index in [0.717, 1.165) is 65.0 Å². The first-order valence-electron chi connectivity index (χ1n) is 13.8. The van der Waals surface area contributed by atoms with Crippen LogP contribution in [0, 0.1) is 5.82 Å². The van der Waals surface area contributed by atoms with Crippen molar-refractivity contribution >= 4 is 17.9 Å². The van der Waals surface area contributed by atoms with Crippen LogP contribution in [-0.2, 0) is 20.9 Å². The van der Waals surface area contributed by atoms with Crippen LogP contribution in [0.5, 0.6) is 0 Å². The molecule has 2 aromatic carbocycles. The van der Waals surface area contributed by atoms with E-state index in [1.54, 1.807) is 23.1 Å². The molecule has 2 aliphatic heterocycles. The molecular formula is C30H37FN4O3. The number of morpholine rings is 1. The molecule has 0 spiro atoms. The zero-order chi connectivity index (χ0) is 26.3. The third-order valence-electron chi connectivity index (χ3n) is 7.79. The van der Waals surface area contributed by atoms with Crippen molar-refractivity contribution < 1.29 is 18.7 Å². The fraction of sp³-hybridized carbons (Fsp3) is 0.467. The van der Waals surface area contributed by atoms with E-state index < -0.39 is 5.82 Å². The van der Waals surface area contributed by atoms with Crippen LogP contribution in [-0.4, -0.2) is 84.5 Å². The summed E-state index contributed by atoms with van der Waals surface area (Å²) in [4.78, 5) is 32.7. The number of carbonyl (C=O) groups is 2. The van der Waals surface area contributed by atoms with Crippen LogP contribution in [0.3, 0.4) is 0 Å². The van der Waals surface area contributed by atoms with Crippen molar-refractivity contribution in [1.82, 2.24) is 20.0 Å². The van der Waals surface area contributed by atoms with Crippen molar-refractivity contribution in [1.29, 1.82) is 0 Å². The minimum atomic E-state index is -0.410. The maximum Gasteiger partial charge on any atom is 0.289 e. The lowest BCUT2D eigenvalue weighted by atomic mass is 9.89. The minimum Gasteiger partial charge on any atom is -0.482 e. The summed E-state index contributed by atoms with van der Waals surface area (Å²) in [5.41, 5.74) is 1.64. The Labute approximate surface area is 224 Å². The SMILES string of the molecule is O=C(CN1C(=O)/C(=C\c2ccccc2F)OC2CCCCC21)NCCN1CCN(Cc2ccccc2)CC1. The maximum atomic E-state index is 14.2. The van der Waals surface area contributed by atoms with Crippen LogP contribution >= 0.6 is 0 Å². The number of nitrogens with one attached hydrogen (secondary N) is 1. The molecule has 3 aliphatic rings. The molecule has 38 heavy (non-hydrogen) atoms. The van der Waals surface area contributed by atoms with Crippen molar-refractivity contribution in [2.24, 2.45) is 0 Å². The van der Waals surface area contributed by atoms with Crippen molar-refractivity contribution in [2.75, 3.05) is 45.8 Å². The highest BCUT2D eigenvalue weighted by Gasteiger charge is 2.42. The molecule has 2 heterocycles. The fourth-order valence-electron chi connectivity index (χ4n) is 5.67. The fourth-order valence-corrected chi connectivity index (χ4v) is 5.67. The van der Waals surface area contributed by atoms with Gasteiger partial charge in [0, 0.05) is 51.4 Å². The lowest BCUT2D eigenvalue weighted by molar-refractivity contribution is -0.151. The summed E-state index contributed by atoms with van der Waals surface area (Å²) in [5, 5.41) is 3.01. The Morgan fingerprint density at radius 3 is 2.47 bits per heavy atom. The molecule has 1 N–H and O–H groups in total. The van der Waals surface area contributed by atoms with E-state index in [1.807, 2.05) is 6.07 Å². The topological polar surface area (TPSA) is 65.1 Å². The molecule has 0 bridgehead atoms. The molecule has 8 heteroatoms. The van der Waals surface area contributed by atoms with Crippen molar-refractivity contribution in [3.05, 3.63) is 77.3 Å². The molecule has 0 aromatic heterocycles. The number of fused-ring (bicyclic) bond motifs is 1. The standard InChI is InChI=1S/C30H37FN4O3/c31-25-11-5-4-10-24(25)20-28-30(37)35(26-12-6-7-13-27(26)38-28)22-29(36)32-14-15-33-16-18-34(19-17-33)21-23-8-2-1-3-9-23/h1-5,8-11,20,26-27H,6-7,12-19,21-22H2,(H,32,36)/b28-20+. The molecule has 202 valence electrons. The van der Waals surface area contributed by atoms with Crippen molar-refractivity contribution in [3.8, 4) is 0 Å². The van der Waals surface area contributed by atoms with Gasteiger partial charge in [-0.3, -0.25) is 19.4 Å². The van der Waals surface area contributed by atoms with Gasteiger partial charge in [0.15, 0.2) is 5.76 Å². The Balaban J connectivity index is 1.12. The summed E-state index contributed by atoms with van der Waals surface area (Å²) in [6, 6.07) is 16.7. The van der Waals surface area contributed by atoms with Gasteiger partial charge in [-0.2, -0.15) is 0 Å². The Bertz CT molecular complexity index is 1130. The largest absolute Gasteiger partial charge is 0.482 e. The third kappa shape index (κ3) is 6.60. The first-order valence-corrected chi connectivity index (χ1v) is 13.8. The molecule has 2 aromatic rings. The monoisotopic (exact) mass is 520 g/mol. The summed E-state index contributed by atoms with van der Waals surface area (Å²) in [5.74, 6) is -0.814. The molecule has 0 radical (unpaired) electrons. The summed E-state index contributed by atoms with van der Waals surface area (Å²) in [6.07, 6.45) is 4.94. The van der Waals surface area contributed by atoms with Gasteiger partial charge in [0.05, 0.1) is 6.04 Å². The van der Waals surface area contributed by atoms with E-state index in [2.05, 4.69) is 39.4 Å². The zero-order valence-electron chi connectivity index (χ0n) is 21.9. The second kappa shape index (κ2) is 12.5. The summed E-state index contributed by atoms with van der Waals surface area (Å²) in [6.45, 7) is 6.24. The van der Waals surface area contributed by atoms with E-state index in [4.69, 9.17) is 4.74 Å².